The van der Waals surface area contributed by atoms with Gasteiger partial charge in [-0.05, 0) is 67.9 Å². The van der Waals surface area contributed by atoms with Crippen LogP contribution in [0.4, 0.5) is 26.3 Å². The smallest absolute Gasteiger partial charge is 0.314 e. The predicted octanol–water partition coefficient (Wildman–Crippen LogP) is 7.61. The summed E-state index contributed by atoms with van der Waals surface area (Å²) in [5, 5.41) is 19.3. The van der Waals surface area contributed by atoms with Crippen LogP contribution in [0, 0.1) is 40.8 Å². The lowest BCUT2D eigenvalue weighted by Crippen LogP contribution is -2.26. The fraction of sp³-hybridized carbons (Fsp3) is 0.345. The largest absolute Gasteiger partial charge is 0.505 e. The number of phenolic OH excluding ortho intramolecular Hbond substituents is 1. The molecule has 0 bridgehead atoms. The number of aliphatic hydroxyl groups excluding tert-OH is 1. The highest BCUT2D eigenvalue weighted by atomic mass is 19.2. The minimum Gasteiger partial charge on any atom is -0.505 e. The van der Waals surface area contributed by atoms with Crippen molar-refractivity contribution in [2.24, 2.45) is 5.92 Å². The molecule has 0 heterocycles. The van der Waals surface area contributed by atoms with Gasteiger partial charge >= 0.3 is 5.97 Å². The van der Waals surface area contributed by atoms with Crippen LogP contribution in [0.2, 0.25) is 0 Å². The van der Waals surface area contributed by atoms with Crippen molar-refractivity contribution in [3.63, 3.8) is 0 Å². The Kier molecular flexibility index (Phi) is 8.54. The second-order valence-electron chi connectivity index (χ2n) is 9.65. The van der Waals surface area contributed by atoms with Crippen LogP contribution in [0.25, 0.3) is 11.1 Å². The van der Waals surface area contributed by atoms with E-state index in [0.717, 1.165) is 24.3 Å². The molecule has 39 heavy (non-hydrogen) atoms. The number of aliphatic hydroxyl groups is 1. The molecule has 1 saturated carbocycles. The number of esters is 1. The van der Waals surface area contributed by atoms with Gasteiger partial charge in [0.25, 0.3) is 0 Å². The first kappa shape index (κ1) is 28.5. The summed E-state index contributed by atoms with van der Waals surface area (Å²) in [4.78, 5) is 12.7. The summed E-state index contributed by atoms with van der Waals surface area (Å²) < 4.78 is 91.6. The van der Waals surface area contributed by atoms with E-state index in [1.165, 1.54) is 12.1 Å². The third-order valence-electron chi connectivity index (χ3n) is 7.17. The maximum Gasteiger partial charge on any atom is 0.314 e. The number of rotatable bonds is 7. The maximum absolute atomic E-state index is 14.8. The van der Waals surface area contributed by atoms with Crippen LogP contribution in [-0.4, -0.2) is 16.2 Å². The van der Waals surface area contributed by atoms with Gasteiger partial charge in [0.1, 0.15) is 0 Å². The molecule has 3 aromatic carbocycles. The zero-order valence-electron chi connectivity index (χ0n) is 20.9. The first-order valence-electron chi connectivity index (χ1n) is 12.6. The van der Waals surface area contributed by atoms with Crippen molar-refractivity contribution in [3.8, 4) is 22.6 Å². The molecule has 208 valence electrons. The van der Waals surface area contributed by atoms with Crippen molar-refractivity contribution >= 4 is 5.97 Å². The minimum absolute atomic E-state index is 0.103. The average molecular weight is 553 g/mol. The molecule has 0 radical (unpaired) electrons. The van der Waals surface area contributed by atoms with Crippen LogP contribution < -0.4 is 4.74 Å². The van der Waals surface area contributed by atoms with E-state index >= 15 is 0 Å². The summed E-state index contributed by atoms with van der Waals surface area (Å²) in [6.45, 7) is 1.82. The Morgan fingerprint density at radius 3 is 2.08 bits per heavy atom. The maximum atomic E-state index is 14.8. The molecule has 3 aromatic rings. The molecule has 4 rings (SSSR count). The first-order chi connectivity index (χ1) is 18.5. The first-order valence-corrected chi connectivity index (χ1v) is 12.6. The fourth-order valence-corrected chi connectivity index (χ4v) is 4.98. The lowest BCUT2D eigenvalue weighted by atomic mass is 9.78. The molecule has 10 heteroatoms. The molecule has 0 saturated heterocycles. The van der Waals surface area contributed by atoms with Crippen LogP contribution >= 0.6 is 0 Å². The molecule has 2 N–H and O–H groups in total. The van der Waals surface area contributed by atoms with E-state index in [2.05, 4.69) is 0 Å². The molecule has 1 atom stereocenters. The second-order valence-corrected chi connectivity index (χ2v) is 9.65. The Labute approximate surface area is 220 Å². The predicted molar refractivity (Wildman–Crippen MR) is 130 cm³/mol. The Bertz CT molecular complexity index is 1380. The monoisotopic (exact) mass is 552 g/mol. The normalized spacial score (nSPS) is 18.2. The average Bonchev–Trinajstić information content (AvgIpc) is 2.92. The molecule has 1 aliphatic rings. The highest BCUT2D eigenvalue weighted by molar-refractivity contribution is 5.76. The Hall–Kier alpha value is -3.53. The van der Waals surface area contributed by atoms with Crippen molar-refractivity contribution in [1.82, 2.24) is 0 Å². The van der Waals surface area contributed by atoms with Gasteiger partial charge in [-0.15, -0.1) is 0 Å². The van der Waals surface area contributed by atoms with Crippen molar-refractivity contribution in [1.29, 1.82) is 0 Å². The molecule has 0 spiro atoms. The quantitative estimate of drug-likeness (QED) is 0.180. The fourth-order valence-electron chi connectivity index (χ4n) is 4.98. The van der Waals surface area contributed by atoms with Crippen molar-refractivity contribution in [3.05, 3.63) is 82.4 Å². The van der Waals surface area contributed by atoms with Gasteiger partial charge in [0.15, 0.2) is 34.8 Å². The van der Waals surface area contributed by atoms with Gasteiger partial charge in [-0.25, -0.2) is 17.6 Å². The summed E-state index contributed by atoms with van der Waals surface area (Å²) >= 11 is 0. The number of hydrogen-bond donors (Lipinski definition) is 2. The molecular formula is C29H26F6O4. The molecular weight excluding hydrogens is 526 g/mol. The summed E-state index contributed by atoms with van der Waals surface area (Å²) in [7, 11) is 0. The number of ether oxygens (including phenoxy) is 1. The van der Waals surface area contributed by atoms with Gasteiger partial charge in [0, 0.05) is 16.7 Å². The van der Waals surface area contributed by atoms with Gasteiger partial charge in [0.05, 0.1) is 12.0 Å². The lowest BCUT2D eigenvalue weighted by molar-refractivity contribution is -0.140. The molecule has 0 aromatic heterocycles. The van der Waals surface area contributed by atoms with Crippen LogP contribution in [0.5, 0.6) is 11.5 Å². The summed E-state index contributed by atoms with van der Waals surface area (Å²) in [5.41, 5.74) is -1.22. The number of aromatic hydroxyl groups is 1. The zero-order valence-corrected chi connectivity index (χ0v) is 20.9. The highest BCUT2D eigenvalue weighted by Gasteiger charge is 2.32. The second kappa shape index (κ2) is 11.7. The SMILES string of the molecule is CCCC(O)c1ccc(C2CCC(C(=O)Oc3ccc(-c4ccc(O)c(F)c4F)c(F)c3F)CC2)c(F)c1F. The summed E-state index contributed by atoms with van der Waals surface area (Å²) in [6, 6.07) is 6.32. The highest BCUT2D eigenvalue weighted by Crippen LogP contribution is 2.40. The van der Waals surface area contributed by atoms with E-state index in [4.69, 9.17) is 4.74 Å². The number of carbonyl (C=O) groups excluding carboxylic acids is 1. The van der Waals surface area contributed by atoms with Gasteiger partial charge in [-0.3, -0.25) is 4.79 Å². The number of phenols is 1. The van der Waals surface area contributed by atoms with Crippen molar-refractivity contribution in [2.75, 3.05) is 0 Å². The van der Waals surface area contributed by atoms with Crippen LogP contribution in [0.15, 0.2) is 36.4 Å². The summed E-state index contributed by atoms with van der Waals surface area (Å²) in [5.74, 6) is -12.1. The van der Waals surface area contributed by atoms with E-state index in [1.807, 2.05) is 6.92 Å². The minimum atomic E-state index is -1.62. The third kappa shape index (κ3) is 5.61. The Morgan fingerprint density at radius 2 is 1.44 bits per heavy atom. The van der Waals surface area contributed by atoms with Crippen molar-refractivity contribution < 1.29 is 46.1 Å². The molecule has 0 amide bonds. The molecule has 0 aliphatic heterocycles. The molecule has 4 nitrogen and oxygen atoms in total. The van der Waals surface area contributed by atoms with Crippen LogP contribution in [0.1, 0.15) is 68.6 Å². The van der Waals surface area contributed by atoms with E-state index in [9.17, 15) is 41.4 Å². The van der Waals surface area contributed by atoms with Gasteiger partial charge in [-0.2, -0.15) is 8.78 Å². The van der Waals surface area contributed by atoms with Crippen LogP contribution in [0.3, 0.4) is 0 Å². The number of carbonyl (C=O) groups is 1. The zero-order chi connectivity index (χ0) is 28.4. The Balaban J connectivity index is 1.43. The standard InChI is InChI=1S/C29H26F6O4/c1-2-3-20(36)19-9-8-16(23(30)26(19)33)14-4-6-15(7-5-14)29(38)39-22-13-11-18(25(32)28(22)35)17-10-12-21(37)27(34)24(17)31/h8-15,20,36-37H,2-7H2,1H3. The summed E-state index contributed by atoms with van der Waals surface area (Å²) in [6.07, 6.45) is 0.868. The van der Waals surface area contributed by atoms with Crippen molar-refractivity contribution in [2.45, 2.75) is 57.5 Å². The topological polar surface area (TPSA) is 66.8 Å². The van der Waals surface area contributed by atoms with E-state index in [-0.39, 0.29) is 29.9 Å². The number of halogens is 6. The lowest BCUT2D eigenvalue weighted by Gasteiger charge is -2.28. The Morgan fingerprint density at radius 1 is 0.821 bits per heavy atom. The van der Waals surface area contributed by atoms with E-state index < -0.39 is 75.5 Å². The molecule has 1 aliphatic carbocycles. The van der Waals surface area contributed by atoms with Gasteiger partial charge in [-0.1, -0.05) is 25.5 Å². The number of hydrogen-bond acceptors (Lipinski definition) is 4. The van der Waals surface area contributed by atoms with Gasteiger partial charge < -0.3 is 14.9 Å². The van der Waals surface area contributed by atoms with Crippen LogP contribution in [-0.2, 0) is 4.79 Å². The van der Waals surface area contributed by atoms with E-state index in [1.54, 1.807) is 0 Å². The third-order valence-corrected chi connectivity index (χ3v) is 7.17. The molecule has 1 fully saturated rings. The number of benzene rings is 3. The van der Waals surface area contributed by atoms with E-state index in [0.29, 0.717) is 25.7 Å². The van der Waals surface area contributed by atoms with Gasteiger partial charge in [0.2, 0.25) is 11.6 Å². The molecule has 1 unspecified atom stereocenters.